The molecule has 0 spiro atoms. The molecule has 0 unspecified atom stereocenters. The van der Waals surface area contributed by atoms with E-state index in [1.165, 1.54) is 24.4 Å². The highest BCUT2D eigenvalue weighted by Gasteiger charge is 2.18. The van der Waals surface area contributed by atoms with Gasteiger partial charge in [0.1, 0.15) is 9.90 Å². The Bertz CT molecular complexity index is 627. The lowest BCUT2D eigenvalue weighted by molar-refractivity contribution is 0.601. The van der Waals surface area contributed by atoms with Gasteiger partial charge in [-0.25, -0.2) is 8.42 Å². The highest BCUT2D eigenvalue weighted by atomic mass is 35.5. The predicted molar refractivity (Wildman–Crippen MR) is 66.6 cm³/mol. The summed E-state index contributed by atoms with van der Waals surface area (Å²) in [7, 11) is -3.77. The molecule has 9 heteroatoms. The number of rotatable bonds is 3. The van der Waals surface area contributed by atoms with Gasteiger partial charge < -0.3 is 5.73 Å². The van der Waals surface area contributed by atoms with Crippen molar-refractivity contribution in [2.75, 3.05) is 10.5 Å². The normalized spacial score (nSPS) is 11.4. The molecule has 0 aliphatic carbocycles. The summed E-state index contributed by atoms with van der Waals surface area (Å²) in [6.45, 7) is 0. The highest BCUT2D eigenvalue weighted by Crippen LogP contribution is 2.25. The molecule has 0 saturated heterocycles. The van der Waals surface area contributed by atoms with Gasteiger partial charge in [0.2, 0.25) is 0 Å². The van der Waals surface area contributed by atoms with Crippen LogP contribution in [0.3, 0.4) is 0 Å². The minimum Gasteiger partial charge on any atom is -0.398 e. The first kappa shape index (κ1) is 12.1. The molecule has 0 atom stereocenters. The van der Waals surface area contributed by atoms with Crippen LogP contribution in [0.2, 0.25) is 5.02 Å². The van der Waals surface area contributed by atoms with Crippen molar-refractivity contribution in [1.29, 1.82) is 0 Å². The van der Waals surface area contributed by atoms with Gasteiger partial charge >= 0.3 is 0 Å². The van der Waals surface area contributed by atoms with E-state index in [-0.39, 0.29) is 10.6 Å². The Hall–Kier alpha value is -1.38. The van der Waals surface area contributed by atoms with Gasteiger partial charge in [-0.2, -0.15) is 0 Å². The van der Waals surface area contributed by atoms with Gasteiger partial charge in [-0.05, 0) is 18.2 Å². The molecular formula is C8H7ClN4O2S2. The molecule has 0 aliphatic heterocycles. The van der Waals surface area contributed by atoms with Gasteiger partial charge in [0.25, 0.3) is 10.0 Å². The fourth-order valence-corrected chi connectivity index (χ4v) is 3.22. The zero-order valence-electron chi connectivity index (χ0n) is 8.29. The molecular weight excluding hydrogens is 284 g/mol. The van der Waals surface area contributed by atoms with E-state index in [9.17, 15) is 8.42 Å². The van der Waals surface area contributed by atoms with Crippen molar-refractivity contribution in [2.24, 2.45) is 0 Å². The van der Waals surface area contributed by atoms with Crippen LogP contribution in [-0.2, 0) is 10.0 Å². The number of hydrogen-bond donors (Lipinski definition) is 2. The Morgan fingerprint density at radius 1 is 1.41 bits per heavy atom. The summed E-state index contributed by atoms with van der Waals surface area (Å²) in [5.74, 6) is 0. The molecule has 0 radical (unpaired) electrons. The van der Waals surface area contributed by atoms with Gasteiger partial charge in [0.15, 0.2) is 0 Å². The van der Waals surface area contributed by atoms with E-state index in [2.05, 4.69) is 14.3 Å². The van der Waals surface area contributed by atoms with Gasteiger partial charge in [-0.15, -0.1) is 5.10 Å². The number of nitrogens with one attached hydrogen (secondary N) is 1. The molecule has 1 aromatic carbocycles. The second-order valence-corrected chi connectivity index (χ2v) is 5.94. The molecule has 0 saturated carbocycles. The Kier molecular flexibility index (Phi) is 3.18. The second-order valence-electron chi connectivity index (χ2n) is 3.07. The molecule has 1 heterocycles. The van der Waals surface area contributed by atoms with Crippen LogP contribution in [-0.4, -0.2) is 18.0 Å². The molecule has 0 fully saturated rings. The SMILES string of the molecule is Nc1ccc(Cl)cc1S(=O)(=O)Nc1cnns1. The molecule has 3 N–H and O–H groups in total. The molecule has 2 aromatic rings. The Morgan fingerprint density at radius 2 is 2.18 bits per heavy atom. The van der Waals surface area contributed by atoms with Crippen LogP contribution in [0.25, 0.3) is 0 Å². The van der Waals surface area contributed by atoms with Crippen LogP contribution >= 0.6 is 23.1 Å². The van der Waals surface area contributed by atoms with Crippen LogP contribution < -0.4 is 10.5 Å². The monoisotopic (exact) mass is 290 g/mol. The van der Waals surface area contributed by atoms with Crippen molar-refractivity contribution in [3.05, 3.63) is 29.4 Å². The smallest absolute Gasteiger partial charge is 0.264 e. The summed E-state index contributed by atoms with van der Waals surface area (Å²) >= 11 is 6.66. The molecule has 0 amide bonds. The summed E-state index contributed by atoms with van der Waals surface area (Å²) in [6, 6.07) is 4.24. The lowest BCUT2D eigenvalue weighted by atomic mass is 10.3. The first-order chi connectivity index (χ1) is 7.99. The lowest BCUT2D eigenvalue weighted by Crippen LogP contribution is -2.14. The molecule has 0 bridgehead atoms. The van der Waals surface area contributed by atoms with Crippen LogP contribution in [0.5, 0.6) is 0 Å². The number of halogens is 1. The Balaban J connectivity index is 2.41. The number of anilines is 2. The summed E-state index contributed by atoms with van der Waals surface area (Å²) in [4.78, 5) is -0.0709. The fraction of sp³-hybridized carbons (Fsp3) is 0. The third-order valence-corrected chi connectivity index (χ3v) is 4.23. The summed E-state index contributed by atoms with van der Waals surface area (Å²) < 4.78 is 29.8. The quantitative estimate of drug-likeness (QED) is 0.836. The summed E-state index contributed by atoms with van der Waals surface area (Å²) in [5, 5.41) is 4.13. The molecule has 90 valence electrons. The molecule has 2 rings (SSSR count). The standard InChI is InChI=1S/C8H7ClN4O2S2/c9-5-1-2-6(10)7(3-5)17(14,15)12-8-4-11-13-16-8/h1-4,12H,10H2. The summed E-state index contributed by atoms with van der Waals surface area (Å²) in [5.41, 5.74) is 5.72. The van der Waals surface area contributed by atoms with E-state index in [1.54, 1.807) is 0 Å². The van der Waals surface area contributed by atoms with Gasteiger partial charge in [0.05, 0.1) is 11.9 Å². The molecule has 6 nitrogen and oxygen atoms in total. The average Bonchev–Trinajstić information content (AvgIpc) is 2.73. The third-order valence-electron chi connectivity index (χ3n) is 1.86. The molecule has 17 heavy (non-hydrogen) atoms. The molecule has 0 aliphatic rings. The zero-order chi connectivity index (χ0) is 12.5. The van der Waals surface area contributed by atoms with Gasteiger partial charge in [-0.3, -0.25) is 4.72 Å². The first-order valence-electron chi connectivity index (χ1n) is 4.34. The zero-order valence-corrected chi connectivity index (χ0v) is 10.7. The van der Waals surface area contributed by atoms with Crippen LogP contribution in [0.1, 0.15) is 0 Å². The number of nitrogens with two attached hydrogens (primary N) is 1. The Labute approximate surface area is 107 Å². The van der Waals surface area contributed by atoms with Crippen molar-refractivity contribution in [2.45, 2.75) is 4.90 Å². The van der Waals surface area contributed by atoms with Crippen molar-refractivity contribution >= 4 is 43.8 Å². The Morgan fingerprint density at radius 3 is 2.82 bits per heavy atom. The lowest BCUT2D eigenvalue weighted by Gasteiger charge is -2.08. The number of aromatic nitrogens is 2. The largest absolute Gasteiger partial charge is 0.398 e. The summed E-state index contributed by atoms with van der Waals surface area (Å²) in [6.07, 6.45) is 1.31. The van der Waals surface area contributed by atoms with Crippen LogP contribution in [0.4, 0.5) is 10.7 Å². The van der Waals surface area contributed by atoms with E-state index in [0.717, 1.165) is 11.5 Å². The number of nitrogens with zero attached hydrogens (tertiary/aromatic N) is 2. The van der Waals surface area contributed by atoms with Crippen molar-refractivity contribution < 1.29 is 8.42 Å². The first-order valence-corrected chi connectivity index (χ1v) is 6.98. The minimum absolute atomic E-state index is 0.0709. The van der Waals surface area contributed by atoms with Gasteiger partial charge in [0, 0.05) is 16.6 Å². The van der Waals surface area contributed by atoms with Crippen molar-refractivity contribution in [3.63, 3.8) is 0 Å². The number of sulfonamides is 1. The van der Waals surface area contributed by atoms with E-state index in [0.29, 0.717) is 10.0 Å². The van der Waals surface area contributed by atoms with Crippen LogP contribution in [0.15, 0.2) is 29.3 Å². The number of hydrogen-bond acceptors (Lipinski definition) is 6. The van der Waals surface area contributed by atoms with E-state index < -0.39 is 10.0 Å². The number of nitrogen functional groups attached to an aromatic ring is 1. The average molecular weight is 291 g/mol. The highest BCUT2D eigenvalue weighted by molar-refractivity contribution is 7.93. The molecule has 1 aromatic heterocycles. The van der Waals surface area contributed by atoms with E-state index in [4.69, 9.17) is 17.3 Å². The maximum Gasteiger partial charge on any atom is 0.264 e. The van der Waals surface area contributed by atoms with E-state index >= 15 is 0 Å². The second kappa shape index (κ2) is 4.47. The van der Waals surface area contributed by atoms with Crippen LogP contribution in [0, 0.1) is 0 Å². The maximum atomic E-state index is 12.0. The third kappa shape index (κ3) is 2.65. The van der Waals surface area contributed by atoms with Gasteiger partial charge in [-0.1, -0.05) is 16.1 Å². The number of benzene rings is 1. The van der Waals surface area contributed by atoms with Crippen molar-refractivity contribution in [1.82, 2.24) is 9.59 Å². The predicted octanol–water partition coefficient (Wildman–Crippen LogP) is 1.57. The minimum atomic E-state index is -3.77. The van der Waals surface area contributed by atoms with Crippen molar-refractivity contribution in [3.8, 4) is 0 Å². The topological polar surface area (TPSA) is 98.0 Å². The van der Waals surface area contributed by atoms with E-state index in [1.807, 2.05) is 0 Å². The fourth-order valence-electron chi connectivity index (χ4n) is 1.14. The maximum absolute atomic E-state index is 12.0.